The fourth-order valence-corrected chi connectivity index (χ4v) is 5.08. The molecule has 0 aromatic rings. The van der Waals surface area contributed by atoms with Crippen LogP contribution in [-0.4, -0.2) is 50.5 Å². The number of nitrogens with zero attached hydrogens (tertiary/aromatic N) is 1. The van der Waals surface area contributed by atoms with Crippen molar-refractivity contribution in [3.8, 4) is 0 Å². The Labute approximate surface area is 149 Å². The third-order valence-electron chi connectivity index (χ3n) is 6.20. The molecule has 0 spiro atoms. The minimum Gasteiger partial charge on any atom is -0.462 e. The van der Waals surface area contributed by atoms with Crippen molar-refractivity contribution in [2.45, 2.75) is 103 Å². The van der Waals surface area contributed by atoms with E-state index >= 15 is 0 Å². The first kappa shape index (κ1) is 19.9. The van der Waals surface area contributed by atoms with Gasteiger partial charge in [0.25, 0.3) is 0 Å². The second kappa shape index (κ2) is 7.08. The van der Waals surface area contributed by atoms with Gasteiger partial charge in [-0.05, 0) is 37.5 Å². The van der Waals surface area contributed by atoms with Crippen molar-refractivity contribution in [3.05, 3.63) is 0 Å². The van der Waals surface area contributed by atoms with E-state index in [9.17, 15) is 4.79 Å². The number of fused-ring (bicyclic) bond motifs is 2. The molecule has 0 N–H and O–H groups in total. The Kier molecular flexibility index (Phi) is 5.88. The van der Waals surface area contributed by atoms with E-state index in [0.29, 0.717) is 24.4 Å². The van der Waals surface area contributed by atoms with Gasteiger partial charge in [0.05, 0.1) is 6.10 Å². The van der Waals surface area contributed by atoms with E-state index in [1.165, 1.54) is 0 Å². The molecule has 0 aliphatic carbocycles. The Bertz CT molecular complexity index is 458. The first-order valence-corrected chi connectivity index (χ1v) is 12.4. The van der Waals surface area contributed by atoms with Crippen LogP contribution in [0.15, 0.2) is 0 Å². The van der Waals surface area contributed by atoms with Crippen LogP contribution in [0.25, 0.3) is 0 Å². The zero-order valence-electron chi connectivity index (χ0n) is 16.9. The maximum absolute atomic E-state index is 12.0. The lowest BCUT2D eigenvalue weighted by Gasteiger charge is -2.41. The molecule has 24 heavy (non-hydrogen) atoms. The highest BCUT2D eigenvalue weighted by atomic mass is 28.4. The van der Waals surface area contributed by atoms with Crippen molar-refractivity contribution in [2.75, 3.05) is 7.05 Å². The van der Waals surface area contributed by atoms with Gasteiger partial charge in [0.2, 0.25) is 0 Å². The van der Waals surface area contributed by atoms with Crippen LogP contribution in [0.5, 0.6) is 0 Å². The lowest BCUT2D eigenvalue weighted by molar-refractivity contribution is -0.153. The van der Waals surface area contributed by atoms with Gasteiger partial charge in [0, 0.05) is 31.3 Å². The number of esters is 1. The summed E-state index contributed by atoms with van der Waals surface area (Å²) in [5, 5.41) is 0.228. The fraction of sp³-hybridized carbons (Fsp3) is 0.947. The normalized spacial score (nSPS) is 31.5. The Morgan fingerprint density at radius 2 is 1.83 bits per heavy atom. The summed E-state index contributed by atoms with van der Waals surface area (Å²) in [5.41, 5.74) is 0. The first-order chi connectivity index (χ1) is 10.9. The van der Waals surface area contributed by atoms with Crippen LogP contribution in [0.3, 0.4) is 0 Å². The highest BCUT2D eigenvalue weighted by molar-refractivity contribution is 6.74. The van der Waals surface area contributed by atoms with Gasteiger partial charge in [-0.1, -0.05) is 34.6 Å². The smallest absolute Gasteiger partial charge is 0.306 e. The number of ether oxygens (including phenoxy) is 1. The largest absolute Gasteiger partial charge is 0.462 e. The van der Waals surface area contributed by atoms with Crippen molar-refractivity contribution >= 4 is 14.3 Å². The summed E-state index contributed by atoms with van der Waals surface area (Å²) >= 11 is 0. The molecule has 2 heterocycles. The molecule has 2 fully saturated rings. The van der Waals surface area contributed by atoms with E-state index in [1.807, 2.05) is 0 Å². The standard InChI is InChI=1S/C19H37NO3Si/c1-13(2)9-18(21)22-15-10-14-11-17(16(12-15)20(14)6)23-24(7,8)19(3,4)5/h13-17H,9-12H2,1-8H3/t14-,15-,16+,17-/m1/s1. The summed E-state index contributed by atoms with van der Waals surface area (Å²) in [6.45, 7) is 15.7. The lowest BCUT2D eigenvalue weighted by Crippen LogP contribution is -2.49. The summed E-state index contributed by atoms with van der Waals surface area (Å²) < 4.78 is 12.5. The predicted octanol–water partition coefficient (Wildman–Crippen LogP) is 4.20. The molecule has 2 saturated heterocycles. The highest BCUT2D eigenvalue weighted by Crippen LogP contribution is 2.43. The number of hydrogen-bond donors (Lipinski definition) is 0. The second-order valence-corrected chi connectivity index (χ2v) is 14.5. The average Bonchev–Trinajstić information content (AvgIpc) is 2.55. The Morgan fingerprint density at radius 1 is 1.21 bits per heavy atom. The molecule has 0 amide bonds. The van der Waals surface area contributed by atoms with Crippen LogP contribution in [-0.2, 0) is 14.0 Å². The molecule has 0 saturated carbocycles. The monoisotopic (exact) mass is 355 g/mol. The molecular weight excluding hydrogens is 318 g/mol. The number of hydrogen-bond acceptors (Lipinski definition) is 4. The van der Waals surface area contributed by atoms with E-state index in [2.05, 4.69) is 59.7 Å². The summed E-state index contributed by atoms with van der Waals surface area (Å²) in [6.07, 6.45) is 3.81. The maximum atomic E-state index is 12.0. The van der Waals surface area contributed by atoms with Gasteiger partial charge in [0.1, 0.15) is 6.10 Å². The van der Waals surface area contributed by atoms with Crippen LogP contribution in [0.2, 0.25) is 18.1 Å². The average molecular weight is 356 g/mol. The van der Waals surface area contributed by atoms with Crippen molar-refractivity contribution in [1.82, 2.24) is 4.90 Å². The van der Waals surface area contributed by atoms with Gasteiger partial charge >= 0.3 is 5.97 Å². The van der Waals surface area contributed by atoms with Crippen LogP contribution < -0.4 is 0 Å². The second-order valence-electron chi connectivity index (χ2n) is 9.72. The SMILES string of the molecule is CC(C)CC(=O)O[C@@H]1C[C@@H]2C[C@@H](O[Si](C)(C)C(C)(C)C)[C@H](C1)N2C. The maximum Gasteiger partial charge on any atom is 0.306 e. The van der Waals surface area contributed by atoms with E-state index in [0.717, 1.165) is 19.3 Å². The van der Waals surface area contributed by atoms with E-state index < -0.39 is 8.32 Å². The third-order valence-corrected chi connectivity index (χ3v) is 10.7. The van der Waals surface area contributed by atoms with Crippen LogP contribution >= 0.6 is 0 Å². The van der Waals surface area contributed by atoms with Crippen molar-refractivity contribution in [1.29, 1.82) is 0 Å². The number of likely N-dealkylation sites (N-methyl/N-ethyl adjacent to an activating group) is 1. The third kappa shape index (κ3) is 4.41. The molecule has 2 bridgehead atoms. The summed E-state index contributed by atoms with van der Waals surface area (Å²) in [7, 11) is 0.435. The van der Waals surface area contributed by atoms with Crippen molar-refractivity contribution in [3.63, 3.8) is 0 Å². The molecule has 2 aliphatic rings. The zero-order chi connectivity index (χ0) is 18.3. The summed E-state index contributed by atoms with van der Waals surface area (Å²) in [4.78, 5) is 14.5. The van der Waals surface area contributed by atoms with Crippen LogP contribution in [0.1, 0.15) is 60.3 Å². The lowest BCUT2D eigenvalue weighted by atomic mass is 10.00. The highest BCUT2D eigenvalue weighted by Gasteiger charge is 2.50. The van der Waals surface area contributed by atoms with E-state index in [1.54, 1.807) is 0 Å². The molecule has 2 aliphatic heterocycles. The molecule has 0 aromatic carbocycles. The molecule has 0 radical (unpaired) electrons. The Morgan fingerprint density at radius 3 is 2.38 bits per heavy atom. The molecule has 0 unspecified atom stereocenters. The van der Waals surface area contributed by atoms with Crippen molar-refractivity contribution < 1.29 is 14.0 Å². The van der Waals surface area contributed by atoms with Crippen molar-refractivity contribution in [2.24, 2.45) is 5.92 Å². The number of carbonyl (C=O) groups is 1. The molecular formula is C19H37NO3Si. The quantitative estimate of drug-likeness (QED) is 0.547. The fourth-order valence-electron chi connectivity index (χ4n) is 3.72. The Balaban J connectivity index is 1.99. The van der Waals surface area contributed by atoms with Gasteiger partial charge in [-0.15, -0.1) is 0 Å². The van der Waals surface area contributed by atoms with Gasteiger partial charge in [0.15, 0.2) is 8.32 Å². The van der Waals surface area contributed by atoms with Crippen LogP contribution in [0.4, 0.5) is 0 Å². The van der Waals surface area contributed by atoms with E-state index in [4.69, 9.17) is 9.16 Å². The zero-order valence-corrected chi connectivity index (χ0v) is 17.9. The summed E-state index contributed by atoms with van der Waals surface area (Å²) in [6, 6.07) is 0.866. The van der Waals surface area contributed by atoms with E-state index in [-0.39, 0.29) is 23.2 Å². The van der Waals surface area contributed by atoms with Gasteiger partial charge in [-0.3, -0.25) is 9.69 Å². The number of carbonyl (C=O) groups excluding carboxylic acids is 1. The molecule has 4 nitrogen and oxygen atoms in total. The van der Waals surface area contributed by atoms with Gasteiger partial charge in [-0.25, -0.2) is 0 Å². The first-order valence-electron chi connectivity index (χ1n) is 9.50. The predicted molar refractivity (Wildman–Crippen MR) is 101 cm³/mol. The molecule has 4 atom stereocenters. The number of rotatable bonds is 5. The molecule has 2 rings (SSSR count). The number of piperidine rings is 1. The van der Waals surface area contributed by atoms with Gasteiger partial charge < -0.3 is 9.16 Å². The minimum absolute atomic E-state index is 0.0409. The van der Waals surface area contributed by atoms with Gasteiger partial charge in [-0.2, -0.15) is 0 Å². The minimum atomic E-state index is -1.77. The topological polar surface area (TPSA) is 38.8 Å². The molecule has 5 heteroatoms. The van der Waals surface area contributed by atoms with Crippen LogP contribution in [0, 0.1) is 5.92 Å². The molecule has 0 aromatic heterocycles. The Hall–Kier alpha value is -0.393. The summed E-state index contributed by atoms with van der Waals surface area (Å²) in [5.74, 6) is 0.316. The molecule has 140 valence electrons.